The summed E-state index contributed by atoms with van der Waals surface area (Å²) in [7, 11) is 1.51. The Balaban J connectivity index is 1.84. The van der Waals surface area contributed by atoms with Crippen LogP contribution in [0.2, 0.25) is 5.02 Å². The second-order valence-corrected chi connectivity index (χ2v) is 6.00. The minimum Gasteiger partial charge on any atom is -0.496 e. The molecule has 124 valence electrons. The van der Waals surface area contributed by atoms with E-state index in [1.807, 2.05) is 12.1 Å². The number of carbonyl (C=O) groups is 2. The molecule has 2 aromatic carbocycles. The van der Waals surface area contributed by atoms with Crippen molar-refractivity contribution < 1.29 is 14.3 Å². The van der Waals surface area contributed by atoms with Crippen LogP contribution in [0.15, 0.2) is 36.4 Å². The molecule has 1 N–H and O–H groups in total. The lowest BCUT2D eigenvalue weighted by atomic mass is 10.1. The molecule has 2 amide bonds. The Morgan fingerprint density at radius 1 is 1.21 bits per heavy atom. The Kier molecular flexibility index (Phi) is 4.44. The molecule has 0 radical (unpaired) electrons. The first kappa shape index (κ1) is 16.3. The maximum absolute atomic E-state index is 12.5. The Hall–Kier alpha value is -2.53. The number of carbonyl (C=O) groups excluding carboxylic acids is 2. The molecule has 0 aliphatic carbocycles. The van der Waals surface area contributed by atoms with Crippen LogP contribution in [-0.2, 0) is 11.2 Å². The van der Waals surface area contributed by atoms with Crippen LogP contribution < -0.4 is 15.0 Å². The maximum atomic E-state index is 12.5. The van der Waals surface area contributed by atoms with Crippen LogP contribution >= 0.6 is 11.6 Å². The summed E-state index contributed by atoms with van der Waals surface area (Å²) in [6, 6.07) is 10.4. The predicted molar refractivity (Wildman–Crippen MR) is 94.1 cm³/mol. The number of amides is 2. The van der Waals surface area contributed by atoms with Crippen molar-refractivity contribution in [2.24, 2.45) is 0 Å². The zero-order valence-electron chi connectivity index (χ0n) is 13.4. The van der Waals surface area contributed by atoms with Gasteiger partial charge in [-0.15, -0.1) is 0 Å². The molecule has 1 aliphatic heterocycles. The van der Waals surface area contributed by atoms with E-state index in [1.54, 1.807) is 36.1 Å². The first-order valence-electron chi connectivity index (χ1n) is 7.55. The molecule has 6 heteroatoms. The monoisotopic (exact) mass is 344 g/mol. The highest BCUT2D eigenvalue weighted by Crippen LogP contribution is 2.31. The zero-order chi connectivity index (χ0) is 17.3. The van der Waals surface area contributed by atoms with Gasteiger partial charge in [-0.2, -0.15) is 0 Å². The van der Waals surface area contributed by atoms with Gasteiger partial charge in [-0.3, -0.25) is 9.59 Å². The number of ether oxygens (including phenoxy) is 1. The number of nitrogens with one attached hydrogen (secondary N) is 1. The van der Waals surface area contributed by atoms with Crippen LogP contribution in [0.1, 0.15) is 22.8 Å². The van der Waals surface area contributed by atoms with Gasteiger partial charge in [0, 0.05) is 29.9 Å². The molecule has 5 nitrogen and oxygen atoms in total. The molecule has 0 aromatic heterocycles. The van der Waals surface area contributed by atoms with Crippen molar-refractivity contribution in [2.75, 3.05) is 23.9 Å². The molecule has 0 fully saturated rings. The summed E-state index contributed by atoms with van der Waals surface area (Å²) < 4.78 is 5.21. The van der Waals surface area contributed by atoms with Crippen LogP contribution in [0.25, 0.3) is 0 Å². The minimum atomic E-state index is -0.296. The fourth-order valence-electron chi connectivity index (χ4n) is 2.86. The van der Waals surface area contributed by atoms with Gasteiger partial charge >= 0.3 is 0 Å². The number of hydrogen-bond acceptors (Lipinski definition) is 3. The van der Waals surface area contributed by atoms with Crippen LogP contribution in [0.4, 0.5) is 11.4 Å². The van der Waals surface area contributed by atoms with Crippen molar-refractivity contribution in [3.8, 4) is 5.75 Å². The number of hydrogen-bond donors (Lipinski definition) is 1. The second-order valence-electron chi connectivity index (χ2n) is 5.56. The number of benzene rings is 2. The first-order chi connectivity index (χ1) is 11.5. The summed E-state index contributed by atoms with van der Waals surface area (Å²) in [4.78, 5) is 25.8. The number of nitrogens with zero attached hydrogens (tertiary/aromatic N) is 1. The van der Waals surface area contributed by atoms with E-state index >= 15 is 0 Å². The SMILES string of the molecule is COc1ccc(Cl)cc1C(=O)Nc1ccc2c(c1)CCN2C(C)=O. The molecule has 24 heavy (non-hydrogen) atoms. The quantitative estimate of drug-likeness (QED) is 0.927. The second kappa shape index (κ2) is 6.53. The highest BCUT2D eigenvalue weighted by molar-refractivity contribution is 6.31. The van der Waals surface area contributed by atoms with Crippen LogP contribution in [-0.4, -0.2) is 25.5 Å². The van der Waals surface area contributed by atoms with Gasteiger partial charge in [0.25, 0.3) is 5.91 Å². The summed E-state index contributed by atoms with van der Waals surface area (Å²) in [5.41, 5.74) is 2.99. The Bertz CT molecular complexity index is 820. The molecule has 0 spiro atoms. The van der Waals surface area contributed by atoms with E-state index in [4.69, 9.17) is 16.3 Å². The number of rotatable bonds is 3. The van der Waals surface area contributed by atoms with Crippen LogP contribution in [0, 0.1) is 0 Å². The third-order valence-electron chi connectivity index (χ3n) is 4.02. The van der Waals surface area contributed by atoms with Crippen LogP contribution in [0.3, 0.4) is 0 Å². The molecule has 0 saturated carbocycles. The smallest absolute Gasteiger partial charge is 0.259 e. The summed E-state index contributed by atoms with van der Waals surface area (Å²) >= 11 is 5.97. The van der Waals surface area contributed by atoms with Gasteiger partial charge in [0.05, 0.1) is 12.7 Å². The third-order valence-corrected chi connectivity index (χ3v) is 4.25. The van der Waals surface area contributed by atoms with Crippen molar-refractivity contribution >= 4 is 34.8 Å². The molecule has 0 atom stereocenters. The highest BCUT2D eigenvalue weighted by Gasteiger charge is 2.22. The molecule has 3 rings (SSSR count). The van der Waals surface area contributed by atoms with E-state index in [9.17, 15) is 9.59 Å². The third kappa shape index (κ3) is 3.08. The summed E-state index contributed by atoms with van der Waals surface area (Å²) in [5.74, 6) is 0.186. The molecule has 0 bridgehead atoms. The Morgan fingerprint density at radius 2 is 2.00 bits per heavy atom. The van der Waals surface area contributed by atoms with Gasteiger partial charge in [0.1, 0.15) is 5.75 Å². The standard InChI is InChI=1S/C18H17ClN2O3/c1-11(22)21-8-7-12-9-14(4-5-16(12)21)20-18(23)15-10-13(19)3-6-17(15)24-2/h3-6,9-10H,7-8H2,1-2H3,(H,20,23). The van der Waals surface area contributed by atoms with Crippen molar-refractivity contribution in [3.63, 3.8) is 0 Å². The lowest BCUT2D eigenvalue weighted by Gasteiger charge is -2.15. The van der Waals surface area contributed by atoms with Gasteiger partial charge in [-0.05, 0) is 48.4 Å². The maximum Gasteiger partial charge on any atom is 0.259 e. The van der Waals surface area contributed by atoms with Gasteiger partial charge < -0.3 is 15.0 Å². The fraction of sp³-hybridized carbons (Fsp3) is 0.222. The predicted octanol–water partition coefficient (Wildman–Crippen LogP) is 3.51. The summed E-state index contributed by atoms with van der Waals surface area (Å²) in [6.07, 6.45) is 0.777. The minimum absolute atomic E-state index is 0.0224. The number of methoxy groups -OCH3 is 1. The van der Waals surface area contributed by atoms with E-state index < -0.39 is 0 Å². The van der Waals surface area contributed by atoms with E-state index in [-0.39, 0.29) is 11.8 Å². The molecule has 0 saturated heterocycles. The number of anilines is 2. The van der Waals surface area contributed by atoms with Crippen LogP contribution in [0.5, 0.6) is 5.75 Å². The first-order valence-corrected chi connectivity index (χ1v) is 7.93. The van der Waals surface area contributed by atoms with E-state index in [0.717, 1.165) is 17.7 Å². The fourth-order valence-corrected chi connectivity index (χ4v) is 3.03. The van der Waals surface area contributed by atoms with Gasteiger partial charge in [0.2, 0.25) is 5.91 Å². The van der Waals surface area contributed by atoms with Crippen molar-refractivity contribution in [1.82, 2.24) is 0 Å². The molecule has 2 aromatic rings. The van der Waals surface area contributed by atoms with Crippen molar-refractivity contribution in [1.29, 1.82) is 0 Å². The normalized spacial score (nSPS) is 12.7. The molecular formula is C18H17ClN2O3. The van der Waals surface area contributed by atoms with Gasteiger partial charge in [-0.1, -0.05) is 11.6 Å². The summed E-state index contributed by atoms with van der Waals surface area (Å²) in [5, 5.41) is 3.32. The Morgan fingerprint density at radius 3 is 2.71 bits per heavy atom. The van der Waals surface area contributed by atoms with Gasteiger partial charge in [0.15, 0.2) is 0 Å². The molecule has 1 heterocycles. The van der Waals surface area contributed by atoms with E-state index in [1.165, 1.54) is 7.11 Å². The van der Waals surface area contributed by atoms with Crippen molar-refractivity contribution in [3.05, 3.63) is 52.5 Å². The largest absolute Gasteiger partial charge is 0.496 e. The van der Waals surface area contributed by atoms with Gasteiger partial charge in [-0.25, -0.2) is 0 Å². The lowest BCUT2D eigenvalue weighted by Crippen LogP contribution is -2.25. The summed E-state index contributed by atoms with van der Waals surface area (Å²) in [6.45, 7) is 2.22. The highest BCUT2D eigenvalue weighted by atomic mass is 35.5. The molecule has 1 aliphatic rings. The average molecular weight is 345 g/mol. The Labute approximate surface area is 145 Å². The van der Waals surface area contributed by atoms with E-state index in [0.29, 0.717) is 28.6 Å². The number of fused-ring (bicyclic) bond motifs is 1. The molecular weight excluding hydrogens is 328 g/mol. The zero-order valence-corrected chi connectivity index (χ0v) is 14.2. The lowest BCUT2D eigenvalue weighted by molar-refractivity contribution is -0.116. The van der Waals surface area contributed by atoms with E-state index in [2.05, 4.69) is 5.32 Å². The average Bonchev–Trinajstić information content (AvgIpc) is 2.98. The number of halogens is 1. The molecule has 0 unspecified atom stereocenters. The topological polar surface area (TPSA) is 58.6 Å². The van der Waals surface area contributed by atoms with Crippen molar-refractivity contribution in [2.45, 2.75) is 13.3 Å².